The SMILES string of the molecule is CCN(Cc1ccccc1)c1nc(NN)cn2ccnc12. The zero-order chi connectivity index (χ0) is 14.7. The lowest BCUT2D eigenvalue weighted by molar-refractivity contribution is 0.812. The number of nitrogens with two attached hydrogens (primary N) is 1. The van der Waals surface area contributed by atoms with Crippen LogP contribution in [0.1, 0.15) is 12.5 Å². The second-order valence-electron chi connectivity index (χ2n) is 4.75. The Hall–Kier alpha value is -2.60. The molecule has 0 radical (unpaired) electrons. The fraction of sp³-hybridized carbons (Fsp3) is 0.200. The van der Waals surface area contributed by atoms with Crippen LogP contribution in [0.25, 0.3) is 5.65 Å². The van der Waals surface area contributed by atoms with Crippen molar-refractivity contribution in [1.29, 1.82) is 0 Å². The van der Waals surface area contributed by atoms with Crippen molar-refractivity contribution in [2.45, 2.75) is 13.5 Å². The number of fused-ring (bicyclic) bond motifs is 1. The first kappa shape index (κ1) is 13.4. The molecule has 0 fully saturated rings. The Morgan fingerprint density at radius 3 is 2.81 bits per heavy atom. The smallest absolute Gasteiger partial charge is 0.180 e. The number of rotatable bonds is 5. The van der Waals surface area contributed by atoms with E-state index in [1.807, 2.05) is 35.0 Å². The van der Waals surface area contributed by atoms with Crippen molar-refractivity contribution in [1.82, 2.24) is 14.4 Å². The number of hydrogen-bond acceptors (Lipinski definition) is 5. The van der Waals surface area contributed by atoms with E-state index in [2.05, 4.69) is 39.4 Å². The number of hydrazine groups is 1. The monoisotopic (exact) mass is 282 g/mol. The van der Waals surface area contributed by atoms with E-state index in [0.29, 0.717) is 5.82 Å². The van der Waals surface area contributed by atoms with Crippen molar-refractivity contribution in [2.75, 3.05) is 16.9 Å². The van der Waals surface area contributed by atoms with Crippen LogP contribution in [0.2, 0.25) is 0 Å². The van der Waals surface area contributed by atoms with Crippen molar-refractivity contribution in [3.05, 3.63) is 54.5 Å². The highest BCUT2D eigenvalue weighted by molar-refractivity contribution is 5.66. The summed E-state index contributed by atoms with van der Waals surface area (Å²) >= 11 is 0. The Morgan fingerprint density at radius 2 is 2.10 bits per heavy atom. The Kier molecular flexibility index (Phi) is 3.70. The molecule has 0 aliphatic rings. The van der Waals surface area contributed by atoms with Gasteiger partial charge in [-0.3, -0.25) is 0 Å². The molecule has 3 N–H and O–H groups in total. The van der Waals surface area contributed by atoms with E-state index in [-0.39, 0.29) is 0 Å². The van der Waals surface area contributed by atoms with Gasteiger partial charge in [-0.05, 0) is 12.5 Å². The quantitative estimate of drug-likeness (QED) is 0.553. The van der Waals surface area contributed by atoms with Crippen LogP contribution in [0, 0.1) is 0 Å². The first-order valence-corrected chi connectivity index (χ1v) is 6.91. The van der Waals surface area contributed by atoms with E-state index in [0.717, 1.165) is 24.6 Å². The normalized spacial score (nSPS) is 10.8. The molecule has 2 aromatic heterocycles. The molecule has 2 heterocycles. The summed E-state index contributed by atoms with van der Waals surface area (Å²) in [5, 5.41) is 0. The van der Waals surface area contributed by atoms with E-state index < -0.39 is 0 Å². The first-order chi connectivity index (χ1) is 10.3. The van der Waals surface area contributed by atoms with Gasteiger partial charge in [0.05, 0.1) is 6.20 Å². The molecular weight excluding hydrogens is 264 g/mol. The number of imidazole rings is 1. The van der Waals surface area contributed by atoms with Gasteiger partial charge in [0.2, 0.25) is 0 Å². The Bertz CT molecular complexity index is 721. The van der Waals surface area contributed by atoms with Crippen molar-refractivity contribution in [3.8, 4) is 0 Å². The van der Waals surface area contributed by atoms with Crippen molar-refractivity contribution < 1.29 is 0 Å². The average Bonchev–Trinajstić information content (AvgIpc) is 3.01. The highest BCUT2D eigenvalue weighted by Gasteiger charge is 2.14. The number of nitrogens with one attached hydrogen (secondary N) is 1. The van der Waals surface area contributed by atoms with E-state index in [1.54, 1.807) is 6.20 Å². The van der Waals surface area contributed by atoms with E-state index >= 15 is 0 Å². The maximum atomic E-state index is 5.51. The van der Waals surface area contributed by atoms with Gasteiger partial charge in [-0.25, -0.2) is 15.8 Å². The Labute approximate surface area is 123 Å². The average molecular weight is 282 g/mol. The molecule has 108 valence electrons. The first-order valence-electron chi connectivity index (χ1n) is 6.91. The summed E-state index contributed by atoms with van der Waals surface area (Å²) < 4.78 is 1.92. The van der Waals surface area contributed by atoms with Gasteiger partial charge < -0.3 is 14.7 Å². The molecule has 21 heavy (non-hydrogen) atoms. The lowest BCUT2D eigenvalue weighted by atomic mass is 10.2. The van der Waals surface area contributed by atoms with Crippen molar-refractivity contribution in [2.24, 2.45) is 5.84 Å². The van der Waals surface area contributed by atoms with Crippen LogP contribution in [0.15, 0.2) is 48.9 Å². The third-order valence-corrected chi connectivity index (χ3v) is 3.40. The van der Waals surface area contributed by atoms with Gasteiger partial charge in [0.1, 0.15) is 0 Å². The summed E-state index contributed by atoms with van der Waals surface area (Å²) in [6.07, 6.45) is 5.47. The summed E-state index contributed by atoms with van der Waals surface area (Å²) in [7, 11) is 0. The summed E-state index contributed by atoms with van der Waals surface area (Å²) in [5.41, 5.74) is 4.66. The highest BCUT2D eigenvalue weighted by Crippen LogP contribution is 2.22. The molecule has 1 aromatic carbocycles. The topological polar surface area (TPSA) is 71.5 Å². The summed E-state index contributed by atoms with van der Waals surface area (Å²) in [6, 6.07) is 10.3. The molecule has 0 saturated heterocycles. The highest BCUT2D eigenvalue weighted by atomic mass is 15.3. The number of aromatic nitrogens is 3. The molecule has 0 spiro atoms. The van der Waals surface area contributed by atoms with Crippen LogP contribution in [-0.4, -0.2) is 20.9 Å². The van der Waals surface area contributed by atoms with Crippen LogP contribution in [0.5, 0.6) is 0 Å². The summed E-state index contributed by atoms with van der Waals surface area (Å²) in [5.74, 6) is 6.94. The van der Waals surface area contributed by atoms with Crippen molar-refractivity contribution >= 4 is 17.3 Å². The number of hydrogen-bond donors (Lipinski definition) is 2. The lowest BCUT2D eigenvalue weighted by Gasteiger charge is -2.23. The van der Waals surface area contributed by atoms with Crippen LogP contribution in [0.4, 0.5) is 11.6 Å². The summed E-state index contributed by atoms with van der Waals surface area (Å²) in [4.78, 5) is 11.1. The minimum atomic E-state index is 0.613. The Balaban J connectivity index is 2.01. The second-order valence-corrected chi connectivity index (χ2v) is 4.75. The molecule has 0 bridgehead atoms. The zero-order valence-electron chi connectivity index (χ0n) is 11.9. The second kappa shape index (κ2) is 5.80. The van der Waals surface area contributed by atoms with Crippen LogP contribution < -0.4 is 16.2 Å². The van der Waals surface area contributed by atoms with Gasteiger partial charge >= 0.3 is 0 Å². The molecule has 0 amide bonds. The molecule has 3 aromatic rings. The molecule has 0 saturated carbocycles. The summed E-state index contributed by atoms with van der Waals surface area (Å²) in [6.45, 7) is 3.71. The maximum Gasteiger partial charge on any atom is 0.180 e. The fourth-order valence-corrected chi connectivity index (χ4v) is 2.34. The van der Waals surface area contributed by atoms with Crippen LogP contribution in [0.3, 0.4) is 0 Å². The van der Waals surface area contributed by atoms with Gasteiger partial charge in [-0.2, -0.15) is 0 Å². The third-order valence-electron chi connectivity index (χ3n) is 3.40. The molecule has 6 heteroatoms. The zero-order valence-corrected chi connectivity index (χ0v) is 11.9. The van der Waals surface area contributed by atoms with E-state index in [9.17, 15) is 0 Å². The minimum Gasteiger partial charge on any atom is -0.349 e. The third kappa shape index (κ3) is 2.66. The number of nitrogens with zero attached hydrogens (tertiary/aromatic N) is 4. The van der Waals surface area contributed by atoms with Gasteiger partial charge in [0, 0.05) is 25.5 Å². The van der Waals surface area contributed by atoms with E-state index in [4.69, 9.17) is 5.84 Å². The predicted molar refractivity (Wildman–Crippen MR) is 84.0 cm³/mol. The molecule has 3 rings (SSSR count). The fourth-order valence-electron chi connectivity index (χ4n) is 2.34. The lowest BCUT2D eigenvalue weighted by Crippen LogP contribution is -2.24. The van der Waals surface area contributed by atoms with E-state index in [1.165, 1.54) is 5.56 Å². The largest absolute Gasteiger partial charge is 0.349 e. The number of nitrogen functional groups attached to an aromatic ring is 1. The molecule has 6 nitrogen and oxygen atoms in total. The van der Waals surface area contributed by atoms with Crippen LogP contribution in [-0.2, 0) is 6.54 Å². The standard InChI is InChI=1S/C15H18N6/c1-2-20(10-12-6-4-3-5-7-12)15-14-17-8-9-21(14)11-13(18-15)19-16/h3-9,11,19H,2,10,16H2,1H3. The number of benzene rings is 1. The molecule has 0 aliphatic carbocycles. The van der Waals surface area contributed by atoms with Gasteiger partial charge in [-0.1, -0.05) is 30.3 Å². The molecular formula is C15H18N6. The van der Waals surface area contributed by atoms with Crippen LogP contribution >= 0.6 is 0 Å². The minimum absolute atomic E-state index is 0.613. The Morgan fingerprint density at radius 1 is 1.29 bits per heavy atom. The molecule has 0 unspecified atom stereocenters. The molecule has 0 aliphatic heterocycles. The van der Waals surface area contributed by atoms with Gasteiger partial charge in [0.25, 0.3) is 0 Å². The van der Waals surface area contributed by atoms with Crippen molar-refractivity contribution in [3.63, 3.8) is 0 Å². The van der Waals surface area contributed by atoms with Gasteiger partial charge in [0.15, 0.2) is 17.3 Å². The maximum absolute atomic E-state index is 5.51. The predicted octanol–water partition coefficient (Wildman–Crippen LogP) is 2.04. The number of anilines is 2. The molecule has 0 atom stereocenters. The van der Waals surface area contributed by atoms with Gasteiger partial charge in [-0.15, -0.1) is 0 Å².